The highest BCUT2D eigenvalue weighted by atomic mass is 79.9. The minimum Gasteiger partial charge on any atom is -0.488 e. The Balaban J connectivity index is 1.79. The van der Waals surface area contributed by atoms with Gasteiger partial charge in [0.2, 0.25) is 0 Å². The van der Waals surface area contributed by atoms with Crippen molar-refractivity contribution in [3.05, 3.63) is 100 Å². The fourth-order valence-corrected chi connectivity index (χ4v) is 2.65. The van der Waals surface area contributed by atoms with Gasteiger partial charge in [0.15, 0.2) is 0 Å². The summed E-state index contributed by atoms with van der Waals surface area (Å²) in [6.45, 7) is 0.564. The lowest BCUT2D eigenvalue weighted by molar-refractivity contribution is 0.305. The maximum atomic E-state index is 5.99. The maximum absolute atomic E-state index is 5.99. The van der Waals surface area contributed by atoms with E-state index in [1.54, 1.807) is 0 Å². The van der Waals surface area contributed by atoms with E-state index in [0.717, 1.165) is 21.3 Å². The zero-order valence-electron chi connectivity index (χ0n) is 12.7. The van der Waals surface area contributed by atoms with Gasteiger partial charge in [-0.3, -0.25) is 0 Å². The molecule has 0 unspecified atom stereocenters. The highest BCUT2D eigenvalue weighted by Gasteiger charge is 2.03. The molecule has 114 valence electrons. The Hall–Kier alpha value is -2.32. The first kappa shape index (κ1) is 15.6. The molecule has 0 fully saturated rings. The molecule has 2 heteroatoms. The molecular formula is C21H17BrO. The molecule has 1 nitrogen and oxygen atoms in total. The summed E-state index contributed by atoms with van der Waals surface area (Å²) in [6, 6.07) is 26.5. The second-order valence-electron chi connectivity index (χ2n) is 5.20. The van der Waals surface area contributed by atoms with Crippen molar-refractivity contribution in [3.63, 3.8) is 0 Å². The van der Waals surface area contributed by atoms with Crippen molar-refractivity contribution in [2.24, 2.45) is 0 Å². The topological polar surface area (TPSA) is 9.23 Å². The average molecular weight is 365 g/mol. The monoisotopic (exact) mass is 364 g/mol. The Morgan fingerprint density at radius 3 is 2.22 bits per heavy atom. The lowest BCUT2D eigenvalue weighted by Gasteiger charge is -2.10. The zero-order valence-corrected chi connectivity index (χ0v) is 14.2. The number of hydrogen-bond donors (Lipinski definition) is 0. The van der Waals surface area contributed by atoms with Gasteiger partial charge in [0.1, 0.15) is 12.4 Å². The van der Waals surface area contributed by atoms with Crippen molar-refractivity contribution < 1.29 is 4.74 Å². The average Bonchev–Trinajstić information content (AvgIpc) is 2.61. The van der Waals surface area contributed by atoms with Crippen molar-refractivity contribution >= 4 is 28.1 Å². The van der Waals surface area contributed by atoms with Crippen LogP contribution in [0.5, 0.6) is 5.75 Å². The van der Waals surface area contributed by atoms with Gasteiger partial charge < -0.3 is 4.74 Å². The van der Waals surface area contributed by atoms with E-state index in [9.17, 15) is 0 Å². The number of benzene rings is 3. The van der Waals surface area contributed by atoms with Gasteiger partial charge in [-0.1, -0.05) is 88.7 Å². The lowest BCUT2D eigenvalue weighted by atomic mass is 10.1. The fourth-order valence-electron chi connectivity index (χ4n) is 2.27. The molecule has 0 aromatic heterocycles. The highest BCUT2D eigenvalue weighted by Crippen LogP contribution is 2.26. The van der Waals surface area contributed by atoms with Crippen molar-refractivity contribution in [1.82, 2.24) is 0 Å². The van der Waals surface area contributed by atoms with Gasteiger partial charge in [0.25, 0.3) is 0 Å². The zero-order chi connectivity index (χ0) is 15.9. The van der Waals surface area contributed by atoms with Crippen molar-refractivity contribution in [3.8, 4) is 5.75 Å². The molecule has 0 N–H and O–H groups in total. The van der Waals surface area contributed by atoms with E-state index < -0.39 is 0 Å². The minimum absolute atomic E-state index is 0.564. The molecule has 3 aromatic carbocycles. The van der Waals surface area contributed by atoms with Crippen LogP contribution in [0.2, 0.25) is 0 Å². The van der Waals surface area contributed by atoms with Crippen LogP contribution in [0.3, 0.4) is 0 Å². The standard InChI is InChI=1S/C21H17BrO/c22-20-13-14-21(23-16-18-9-5-2-6-10-18)19(15-20)12-11-17-7-3-1-4-8-17/h1-15H,16H2/b12-11+. The number of hydrogen-bond acceptors (Lipinski definition) is 1. The van der Waals surface area contributed by atoms with Crippen LogP contribution in [0, 0.1) is 0 Å². The summed E-state index contributed by atoms with van der Waals surface area (Å²) in [6.07, 6.45) is 4.18. The Kier molecular flexibility index (Phi) is 5.28. The molecule has 23 heavy (non-hydrogen) atoms. The first-order valence-corrected chi connectivity index (χ1v) is 8.30. The van der Waals surface area contributed by atoms with Crippen LogP contribution >= 0.6 is 15.9 Å². The molecule has 3 aromatic rings. The van der Waals surface area contributed by atoms with E-state index in [0.29, 0.717) is 6.61 Å². The van der Waals surface area contributed by atoms with E-state index in [2.05, 4.69) is 58.4 Å². The number of halogens is 1. The summed E-state index contributed by atoms with van der Waals surface area (Å²) in [5, 5.41) is 0. The minimum atomic E-state index is 0.564. The summed E-state index contributed by atoms with van der Waals surface area (Å²) in [7, 11) is 0. The van der Waals surface area contributed by atoms with Crippen LogP contribution in [-0.2, 0) is 6.61 Å². The first-order chi connectivity index (χ1) is 11.3. The second-order valence-corrected chi connectivity index (χ2v) is 6.12. The molecule has 0 heterocycles. The van der Waals surface area contributed by atoms with E-state index in [1.807, 2.05) is 48.5 Å². The van der Waals surface area contributed by atoms with Gasteiger partial charge in [0.05, 0.1) is 0 Å². The first-order valence-electron chi connectivity index (χ1n) is 7.51. The molecular weight excluding hydrogens is 348 g/mol. The molecule has 0 amide bonds. The van der Waals surface area contributed by atoms with Gasteiger partial charge in [-0.05, 0) is 29.3 Å². The Morgan fingerprint density at radius 2 is 1.48 bits per heavy atom. The third-order valence-electron chi connectivity index (χ3n) is 3.46. The molecule has 0 bridgehead atoms. The van der Waals surface area contributed by atoms with Gasteiger partial charge in [0, 0.05) is 10.0 Å². The van der Waals surface area contributed by atoms with E-state index in [1.165, 1.54) is 5.56 Å². The Labute approximate surface area is 145 Å². The molecule has 0 aliphatic rings. The fraction of sp³-hybridized carbons (Fsp3) is 0.0476. The van der Waals surface area contributed by atoms with Crippen molar-refractivity contribution in [1.29, 1.82) is 0 Å². The normalized spacial score (nSPS) is 10.8. The largest absolute Gasteiger partial charge is 0.488 e. The van der Waals surface area contributed by atoms with Crippen LogP contribution in [0.1, 0.15) is 16.7 Å². The van der Waals surface area contributed by atoms with Crippen LogP contribution < -0.4 is 4.74 Å². The van der Waals surface area contributed by atoms with E-state index >= 15 is 0 Å². The SMILES string of the molecule is Brc1ccc(OCc2ccccc2)c(/C=C/c2ccccc2)c1. The number of rotatable bonds is 5. The smallest absolute Gasteiger partial charge is 0.127 e. The molecule has 0 saturated carbocycles. The second kappa shape index (κ2) is 7.80. The van der Waals surface area contributed by atoms with Gasteiger partial charge in [-0.2, -0.15) is 0 Å². The van der Waals surface area contributed by atoms with E-state index in [-0.39, 0.29) is 0 Å². The quantitative estimate of drug-likeness (QED) is 0.489. The summed E-state index contributed by atoms with van der Waals surface area (Å²) >= 11 is 3.53. The summed E-state index contributed by atoms with van der Waals surface area (Å²) in [4.78, 5) is 0. The maximum Gasteiger partial charge on any atom is 0.127 e. The van der Waals surface area contributed by atoms with Crippen LogP contribution in [0.4, 0.5) is 0 Å². The van der Waals surface area contributed by atoms with Crippen LogP contribution in [0.25, 0.3) is 12.2 Å². The summed E-state index contributed by atoms with van der Waals surface area (Å²) in [5.74, 6) is 0.879. The number of ether oxygens (including phenoxy) is 1. The predicted molar refractivity (Wildman–Crippen MR) is 100 cm³/mol. The van der Waals surface area contributed by atoms with Crippen molar-refractivity contribution in [2.75, 3.05) is 0 Å². The molecule has 0 aliphatic heterocycles. The molecule has 0 saturated heterocycles. The van der Waals surface area contributed by atoms with Crippen LogP contribution in [-0.4, -0.2) is 0 Å². The van der Waals surface area contributed by atoms with Crippen molar-refractivity contribution in [2.45, 2.75) is 6.61 Å². The van der Waals surface area contributed by atoms with Gasteiger partial charge >= 0.3 is 0 Å². The Bertz CT molecular complexity index is 779. The summed E-state index contributed by atoms with van der Waals surface area (Å²) < 4.78 is 7.03. The lowest BCUT2D eigenvalue weighted by Crippen LogP contribution is -1.96. The third-order valence-corrected chi connectivity index (χ3v) is 3.96. The molecule has 0 radical (unpaired) electrons. The Morgan fingerprint density at radius 1 is 0.783 bits per heavy atom. The van der Waals surface area contributed by atoms with Gasteiger partial charge in [-0.25, -0.2) is 0 Å². The van der Waals surface area contributed by atoms with Gasteiger partial charge in [-0.15, -0.1) is 0 Å². The molecule has 0 atom stereocenters. The molecule has 0 aliphatic carbocycles. The van der Waals surface area contributed by atoms with E-state index in [4.69, 9.17) is 4.74 Å². The predicted octanol–water partition coefficient (Wildman–Crippen LogP) is 6.20. The molecule has 0 spiro atoms. The van der Waals surface area contributed by atoms with Crippen LogP contribution in [0.15, 0.2) is 83.3 Å². The third kappa shape index (κ3) is 4.57. The molecule has 3 rings (SSSR count). The summed E-state index contributed by atoms with van der Waals surface area (Å²) in [5.41, 5.74) is 3.38. The highest BCUT2D eigenvalue weighted by molar-refractivity contribution is 9.10.